The highest BCUT2D eigenvalue weighted by atomic mass is 14.9. The third kappa shape index (κ3) is 4.23. The number of nitrogens with two attached hydrogens (primary N) is 1. The van der Waals surface area contributed by atoms with Crippen molar-refractivity contribution < 1.29 is 0 Å². The summed E-state index contributed by atoms with van der Waals surface area (Å²) in [5.74, 6) is 0. The molecule has 1 atom stereocenters. The van der Waals surface area contributed by atoms with Gasteiger partial charge in [-0.2, -0.15) is 0 Å². The Kier molecular flexibility index (Phi) is 4.40. The molecule has 1 aromatic heterocycles. The van der Waals surface area contributed by atoms with Gasteiger partial charge in [-0.3, -0.25) is 4.98 Å². The van der Waals surface area contributed by atoms with Gasteiger partial charge in [0, 0.05) is 30.2 Å². The molecule has 1 aromatic rings. The first-order chi connectivity index (χ1) is 6.68. The van der Waals surface area contributed by atoms with E-state index in [0.717, 1.165) is 30.8 Å². The smallest absolute Gasteiger partial charge is 0.0393 e. The van der Waals surface area contributed by atoms with Crippen LogP contribution in [0.3, 0.4) is 0 Å². The summed E-state index contributed by atoms with van der Waals surface area (Å²) in [5, 5.41) is 3.35. The summed E-state index contributed by atoms with van der Waals surface area (Å²) in [7, 11) is 0. The molecule has 0 aromatic carbocycles. The number of anilines is 1. The molecule has 14 heavy (non-hydrogen) atoms. The maximum atomic E-state index is 5.66. The Balaban J connectivity index is 2.25. The van der Waals surface area contributed by atoms with E-state index in [2.05, 4.69) is 10.3 Å². The van der Waals surface area contributed by atoms with Crippen molar-refractivity contribution in [1.82, 2.24) is 4.98 Å². The molecule has 78 valence electrons. The highest BCUT2D eigenvalue weighted by Gasteiger charge is 1.95. The molecule has 1 heterocycles. The normalized spacial score (nSPS) is 12.5. The van der Waals surface area contributed by atoms with Gasteiger partial charge >= 0.3 is 0 Å². The highest BCUT2D eigenvalue weighted by molar-refractivity contribution is 5.42. The molecule has 1 rings (SSSR count). The number of rotatable bonds is 5. The Bertz CT molecular complexity index is 271. The van der Waals surface area contributed by atoms with Crippen LogP contribution in [-0.2, 0) is 0 Å². The standard InChI is InChI=1S/C11H19N3/c1-9(12)4-3-6-14-11-5-7-13-10(2)8-11/h5,7-9H,3-4,6,12H2,1-2H3,(H,13,14). The second kappa shape index (κ2) is 5.60. The average Bonchev–Trinajstić information content (AvgIpc) is 2.12. The molecule has 0 saturated heterocycles. The van der Waals surface area contributed by atoms with E-state index < -0.39 is 0 Å². The van der Waals surface area contributed by atoms with Gasteiger partial charge in [-0.05, 0) is 38.8 Å². The fourth-order valence-corrected chi connectivity index (χ4v) is 1.31. The molecule has 3 heteroatoms. The molecule has 3 nitrogen and oxygen atoms in total. The lowest BCUT2D eigenvalue weighted by Gasteiger charge is -2.07. The quantitative estimate of drug-likeness (QED) is 0.702. The monoisotopic (exact) mass is 193 g/mol. The van der Waals surface area contributed by atoms with Crippen LogP contribution in [0.1, 0.15) is 25.5 Å². The van der Waals surface area contributed by atoms with Gasteiger partial charge in [0.2, 0.25) is 0 Å². The minimum absolute atomic E-state index is 0.302. The predicted molar refractivity (Wildman–Crippen MR) is 60.3 cm³/mol. The predicted octanol–water partition coefficient (Wildman–Crippen LogP) is 1.93. The summed E-state index contributed by atoms with van der Waals surface area (Å²) < 4.78 is 0. The first kappa shape index (κ1) is 11.0. The van der Waals surface area contributed by atoms with Gasteiger partial charge in [0.15, 0.2) is 0 Å². The van der Waals surface area contributed by atoms with E-state index in [4.69, 9.17) is 5.73 Å². The van der Waals surface area contributed by atoms with Crippen molar-refractivity contribution in [2.75, 3.05) is 11.9 Å². The Morgan fingerprint density at radius 3 is 3.00 bits per heavy atom. The van der Waals surface area contributed by atoms with E-state index in [-0.39, 0.29) is 0 Å². The number of aromatic nitrogens is 1. The van der Waals surface area contributed by atoms with Gasteiger partial charge in [-0.15, -0.1) is 0 Å². The number of pyridine rings is 1. The molecule has 0 saturated carbocycles. The van der Waals surface area contributed by atoms with Crippen molar-refractivity contribution in [2.45, 2.75) is 32.7 Å². The minimum atomic E-state index is 0.302. The van der Waals surface area contributed by atoms with Crippen LogP contribution in [-0.4, -0.2) is 17.6 Å². The fraction of sp³-hybridized carbons (Fsp3) is 0.545. The Morgan fingerprint density at radius 1 is 1.57 bits per heavy atom. The maximum Gasteiger partial charge on any atom is 0.0393 e. The van der Waals surface area contributed by atoms with Crippen molar-refractivity contribution in [2.24, 2.45) is 5.73 Å². The molecular formula is C11H19N3. The van der Waals surface area contributed by atoms with Crippen LogP contribution in [0.2, 0.25) is 0 Å². The van der Waals surface area contributed by atoms with Crippen molar-refractivity contribution >= 4 is 5.69 Å². The van der Waals surface area contributed by atoms with E-state index in [1.807, 2.05) is 32.2 Å². The van der Waals surface area contributed by atoms with Crippen LogP contribution in [0.15, 0.2) is 18.3 Å². The molecule has 0 spiro atoms. The molecular weight excluding hydrogens is 174 g/mol. The summed E-state index contributed by atoms with van der Waals surface area (Å²) in [6, 6.07) is 4.33. The summed E-state index contributed by atoms with van der Waals surface area (Å²) in [5.41, 5.74) is 7.84. The number of hydrogen-bond acceptors (Lipinski definition) is 3. The van der Waals surface area contributed by atoms with Crippen LogP contribution in [0.4, 0.5) is 5.69 Å². The van der Waals surface area contributed by atoms with E-state index >= 15 is 0 Å². The Labute approximate surface area is 85.7 Å². The van der Waals surface area contributed by atoms with Crippen LogP contribution in [0, 0.1) is 6.92 Å². The molecule has 0 amide bonds. The topological polar surface area (TPSA) is 50.9 Å². The fourth-order valence-electron chi connectivity index (χ4n) is 1.31. The van der Waals surface area contributed by atoms with Gasteiger partial charge in [0.25, 0.3) is 0 Å². The third-order valence-corrected chi connectivity index (χ3v) is 2.06. The van der Waals surface area contributed by atoms with Gasteiger partial charge in [-0.25, -0.2) is 0 Å². The SMILES string of the molecule is Cc1cc(NCCCC(C)N)ccn1. The lowest BCUT2D eigenvalue weighted by atomic mass is 10.2. The van der Waals surface area contributed by atoms with E-state index in [1.54, 1.807) is 0 Å². The third-order valence-electron chi connectivity index (χ3n) is 2.06. The van der Waals surface area contributed by atoms with E-state index in [0.29, 0.717) is 6.04 Å². The molecule has 0 fully saturated rings. The molecule has 0 bridgehead atoms. The zero-order valence-electron chi connectivity index (χ0n) is 8.96. The van der Waals surface area contributed by atoms with Gasteiger partial charge in [0.05, 0.1) is 0 Å². The lowest BCUT2D eigenvalue weighted by Crippen LogP contribution is -2.16. The van der Waals surface area contributed by atoms with E-state index in [9.17, 15) is 0 Å². The second-order valence-corrected chi connectivity index (χ2v) is 3.73. The van der Waals surface area contributed by atoms with E-state index in [1.165, 1.54) is 0 Å². The Morgan fingerprint density at radius 2 is 2.36 bits per heavy atom. The van der Waals surface area contributed by atoms with Crippen molar-refractivity contribution in [3.63, 3.8) is 0 Å². The van der Waals surface area contributed by atoms with Gasteiger partial charge < -0.3 is 11.1 Å². The minimum Gasteiger partial charge on any atom is -0.385 e. The Hall–Kier alpha value is -1.09. The van der Waals surface area contributed by atoms with Gasteiger partial charge in [-0.1, -0.05) is 0 Å². The van der Waals surface area contributed by atoms with Gasteiger partial charge in [0.1, 0.15) is 0 Å². The summed E-state index contributed by atoms with van der Waals surface area (Å²) in [4.78, 5) is 4.14. The summed E-state index contributed by atoms with van der Waals surface area (Å²) >= 11 is 0. The lowest BCUT2D eigenvalue weighted by molar-refractivity contribution is 0.639. The largest absolute Gasteiger partial charge is 0.385 e. The molecule has 3 N–H and O–H groups in total. The van der Waals surface area contributed by atoms with Crippen LogP contribution in [0.25, 0.3) is 0 Å². The first-order valence-corrected chi connectivity index (χ1v) is 5.10. The molecule has 0 aliphatic rings. The molecule has 0 aliphatic heterocycles. The van der Waals surface area contributed by atoms with Crippen molar-refractivity contribution in [1.29, 1.82) is 0 Å². The first-order valence-electron chi connectivity index (χ1n) is 5.10. The molecule has 0 aliphatic carbocycles. The molecule has 0 radical (unpaired) electrons. The van der Waals surface area contributed by atoms with Crippen molar-refractivity contribution in [3.8, 4) is 0 Å². The molecule has 1 unspecified atom stereocenters. The summed E-state index contributed by atoms with van der Waals surface area (Å²) in [6.07, 6.45) is 4.00. The van der Waals surface area contributed by atoms with Crippen LogP contribution < -0.4 is 11.1 Å². The zero-order valence-corrected chi connectivity index (χ0v) is 8.96. The van der Waals surface area contributed by atoms with Crippen LogP contribution in [0.5, 0.6) is 0 Å². The number of nitrogens with one attached hydrogen (secondary N) is 1. The average molecular weight is 193 g/mol. The zero-order chi connectivity index (χ0) is 10.4. The highest BCUT2D eigenvalue weighted by Crippen LogP contribution is 2.07. The number of hydrogen-bond donors (Lipinski definition) is 2. The van der Waals surface area contributed by atoms with Crippen molar-refractivity contribution in [3.05, 3.63) is 24.0 Å². The number of aryl methyl sites for hydroxylation is 1. The maximum absolute atomic E-state index is 5.66. The number of nitrogens with zero attached hydrogens (tertiary/aromatic N) is 1. The second-order valence-electron chi connectivity index (χ2n) is 3.73. The summed E-state index contributed by atoms with van der Waals surface area (Å²) in [6.45, 7) is 5.01. The van der Waals surface area contributed by atoms with Crippen LogP contribution >= 0.6 is 0 Å².